The maximum Gasteiger partial charge on any atom is 0.326 e. The third-order valence-corrected chi connectivity index (χ3v) is 3.63. The molecule has 0 bridgehead atoms. The van der Waals surface area contributed by atoms with Gasteiger partial charge in [-0.25, -0.2) is 4.79 Å². The maximum absolute atomic E-state index is 12.1. The predicted octanol–water partition coefficient (Wildman–Crippen LogP) is 2.43. The van der Waals surface area contributed by atoms with Gasteiger partial charge in [0.2, 0.25) is 5.91 Å². The summed E-state index contributed by atoms with van der Waals surface area (Å²) in [5.74, 6) is -0.169. The Balaban J connectivity index is 2.52. The molecule has 4 nitrogen and oxygen atoms in total. The Kier molecular flexibility index (Phi) is 5.63. The Labute approximate surface area is 109 Å². The molecule has 1 aliphatic rings. The molecule has 0 spiro atoms. The van der Waals surface area contributed by atoms with Crippen molar-refractivity contribution >= 4 is 11.9 Å². The van der Waals surface area contributed by atoms with Crippen molar-refractivity contribution in [1.29, 1.82) is 0 Å². The topological polar surface area (TPSA) is 66.4 Å². The number of nitrogens with one attached hydrogen (secondary N) is 1. The Morgan fingerprint density at radius 1 is 1.33 bits per heavy atom. The largest absolute Gasteiger partial charge is 0.480 e. The van der Waals surface area contributed by atoms with Crippen LogP contribution in [0.2, 0.25) is 0 Å². The quantitative estimate of drug-likeness (QED) is 0.793. The van der Waals surface area contributed by atoms with Gasteiger partial charge in [0.05, 0.1) is 0 Å². The lowest BCUT2D eigenvalue weighted by Gasteiger charge is -2.27. The average Bonchev–Trinajstić information content (AvgIpc) is 2.27. The first-order valence-corrected chi connectivity index (χ1v) is 6.93. The van der Waals surface area contributed by atoms with Crippen LogP contribution in [-0.4, -0.2) is 23.0 Å². The van der Waals surface area contributed by atoms with Gasteiger partial charge in [0.15, 0.2) is 0 Å². The summed E-state index contributed by atoms with van der Waals surface area (Å²) in [6, 6.07) is -0.741. The molecule has 3 atom stereocenters. The molecule has 18 heavy (non-hydrogen) atoms. The van der Waals surface area contributed by atoms with Crippen LogP contribution in [0.4, 0.5) is 0 Å². The molecule has 104 valence electrons. The number of carboxylic acids is 1. The summed E-state index contributed by atoms with van der Waals surface area (Å²) in [7, 11) is 0. The van der Waals surface area contributed by atoms with E-state index < -0.39 is 12.0 Å². The first-order chi connectivity index (χ1) is 8.40. The van der Waals surface area contributed by atoms with Gasteiger partial charge in [0.25, 0.3) is 0 Å². The van der Waals surface area contributed by atoms with Crippen molar-refractivity contribution < 1.29 is 14.7 Å². The van der Waals surface area contributed by atoms with Crippen LogP contribution in [0.1, 0.15) is 52.9 Å². The number of hydrogen-bond donors (Lipinski definition) is 2. The third-order valence-electron chi connectivity index (χ3n) is 3.63. The molecule has 0 radical (unpaired) electrons. The van der Waals surface area contributed by atoms with Crippen molar-refractivity contribution in [2.75, 3.05) is 0 Å². The van der Waals surface area contributed by atoms with Gasteiger partial charge < -0.3 is 10.4 Å². The number of hydrogen-bond acceptors (Lipinski definition) is 2. The van der Waals surface area contributed by atoms with E-state index in [0.717, 1.165) is 19.3 Å². The normalized spacial score (nSPS) is 25.8. The number of carbonyl (C=O) groups is 2. The lowest BCUT2D eigenvalue weighted by molar-refractivity contribution is -0.143. The van der Waals surface area contributed by atoms with Crippen LogP contribution >= 0.6 is 0 Å². The van der Waals surface area contributed by atoms with Gasteiger partial charge in [-0.2, -0.15) is 0 Å². The SMILES string of the molecule is CC(C)C[C@H](NC(=O)C1CCCC(C)C1)C(=O)O. The van der Waals surface area contributed by atoms with E-state index in [1.807, 2.05) is 13.8 Å². The summed E-state index contributed by atoms with van der Waals surface area (Å²) in [5.41, 5.74) is 0. The molecule has 2 unspecified atom stereocenters. The zero-order valence-corrected chi connectivity index (χ0v) is 11.6. The Morgan fingerprint density at radius 2 is 2.00 bits per heavy atom. The standard InChI is InChI=1S/C14H25NO3/c1-9(2)7-12(14(17)18)15-13(16)11-6-4-5-10(3)8-11/h9-12H,4-8H2,1-3H3,(H,15,16)(H,17,18)/t10?,11?,12-/m0/s1. The van der Waals surface area contributed by atoms with Crippen LogP contribution in [0.3, 0.4) is 0 Å². The van der Waals surface area contributed by atoms with Crippen molar-refractivity contribution in [1.82, 2.24) is 5.32 Å². The van der Waals surface area contributed by atoms with Gasteiger partial charge in [-0.15, -0.1) is 0 Å². The summed E-state index contributed by atoms with van der Waals surface area (Å²) in [6.07, 6.45) is 4.52. The second-order valence-electron chi connectivity index (χ2n) is 6.00. The van der Waals surface area contributed by atoms with E-state index in [-0.39, 0.29) is 17.7 Å². The van der Waals surface area contributed by atoms with Gasteiger partial charge in [0, 0.05) is 5.92 Å². The fourth-order valence-electron chi connectivity index (χ4n) is 2.65. The van der Waals surface area contributed by atoms with Gasteiger partial charge in [-0.05, 0) is 31.1 Å². The predicted molar refractivity (Wildman–Crippen MR) is 70.1 cm³/mol. The van der Waals surface area contributed by atoms with Gasteiger partial charge in [-0.3, -0.25) is 4.79 Å². The molecule has 1 saturated carbocycles. The lowest BCUT2D eigenvalue weighted by Crippen LogP contribution is -2.45. The molecule has 4 heteroatoms. The fourth-order valence-corrected chi connectivity index (χ4v) is 2.65. The van der Waals surface area contributed by atoms with Crippen molar-refractivity contribution in [3.63, 3.8) is 0 Å². The molecule has 2 N–H and O–H groups in total. The van der Waals surface area contributed by atoms with Crippen LogP contribution < -0.4 is 5.32 Å². The zero-order valence-electron chi connectivity index (χ0n) is 11.6. The molecular formula is C14H25NO3. The highest BCUT2D eigenvalue weighted by molar-refractivity contribution is 5.85. The van der Waals surface area contributed by atoms with Crippen LogP contribution in [0.15, 0.2) is 0 Å². The van der Waals surface area contributed by atoms with Crippen molar-refractivity contribution in [3.05, 3.63) is 0 Å². The van der Waals surface area contributed by atoms with Crippen molar-refractivity contribution in [3.8, 4) is 0 Å². The third kappa shape index (κ3) is 4.67. The van der Waals surface area contributed by atoms with Crippen LogP contribution in [0.25, 0.3) is 0 Å². The monoisotopic (exact) mass is 255 g/mol. The van der Waals surface area contributed by atoms with E-state index in [9.17, 15) is 9.59 Å². The van der Waals surface area contributed by atoms with E-state index in [4.69, 9.17) is 5.11 Å². The van der Waals surface area contributed by atoms with Gasteiger partial charge in [-0.1, -0.05) is 33.6 Å². The highest BCUT2D eigenvalue weighted by Gasteiger charge is 2.28. The van der Waals surface area contributed by atoms with E-state index in [2.05, 4.69) is 12.2 Å². The van der Waals surface area contributed by atoms with E-state index in [0.29, 0.717) is 12.3 Å². The summed E-state index contributed by atoms with van der Waals surface area (Å²) in [4.78, 5) is 23.2. The Hall–Kier alpha value is -1.06. The van der Waals surface area contributed by atoms with Crippen LogP contribution in [0.5, 0.6) is 0 Å². The van der Waals surface area contributed by atoms with Crippen molar-refractivity contribution in [2.45, 2.75) is 58.9 Å². The molecule has 0 aromatic heterocycles. The molecule has 0 saturated heterocycles. The number of carbonyl (C=O) groups excluding carboxylic acids is 1. The first-order valence-electron chi connectivity index (χ1n) is 6.93. The maximum atomic E-state index is 12.1. The van der Waals surface area contributed by atoms with Crippen LogP contribution in [0, 0.1) is 17.8 Å². The molecule has 1 rings (SSSR count). The highest BCUT2D eigenvalue weighted by atomic mass is 16.4. The van der Waals surface area contributed by atoms with Gasteiger partial charge >= 0.3 is 5.97 Å². The van der Waals surface area contributed by atoms with Crippen LogP contribution in [-0.2, 0) is 9.59 Å². The van der Waals surface area contributed by atoms with E-state index in [1.54, 1.807) is 0 Å². The number of aliphatic carboxylic acids is 1. The molecule has 1 amide bonds. The highest BCUT2D eigenvalue weighted by Crippen LogP contribution is 2.28. The molecule has 0 heterocycles. The molecule has 0 aliphatic heterocycles. The minimum atomic E-state index is -0.930. The molecule has 1 aliphatic carbocycles. The number of amides is 1. The minimum absolute atomic E-state index is 0.00256. The fraction of sp³-hybridized carbons (Fsp3) is 0.857. The molecular weight excluding hydrogens is 230 g/mol. The Morgan fingerprint density at radius 3 is 2.50 bits per heavy atom. The second kappa shape index (κ2) is 6.76. The average molecular weight is 255 g/mol. The molecule has 0 aromatic rings. The summed E-state index contributed by atoms with van der Waals surface area (Å²) >= 11 is 0. The van der Waals surface area contributed by atoms with Crippen molar-refractivity contribution in [2.24, 2.45) is 17.8 Å². The minimum Gasteiger partial charge on any atom is -0.480 e. The molecule has 0 aromatic carbocycles. The lowest BCUT2D eigenvalue weighted by atomic mass is 9.82. The molecule has 1 fully saturated rings. The van der Waals surface area contributed by atoms with Gasteiger partial charge in [0.1, 0.15) is 6.04 Å². The summed E-state index contributed by atoms with van der Waals surface area (Å²) in [5, 5.41) is 11.8. The van der Waals surface area contributed by atoms with E-state index >= 15 is 0 Å². The van der Waals surface area contributed by atoms with E-state index in [1.165, 1.54) is 6.42 Å². The summed E-state index contributed by atoms with van der Waals surface area (Å²) < 4.78 is 0. The first kappa shape index (κ1) is 15.0. The zero-order chi connectivity index (χ0) is 13.7. The number of rotatable bonds is 5. The summed E-state index contributed by atoms with van der Waals surface area (Å²) in [6.45, 7) is 6.08. The smallest absolute Gasteiger partial charge is 0.326 e. The number of carboxylic acid groups (broad SMARTS) is 1. The second-order valence-corrected chi connectivity index (χ2v) is 6.00. The Bertz CT molecular complexity index is 301.